The van der Waals surface area contributed by atoms with Gasteiger partial charge in [-0.1, -0.05) is 24.3 Å². The molecule has 128 valence electrons. The Bertz CT molecular complexity index is 894. The fourth-order valence-corrected chi connectivity index (χ4v) is 3.76. The minimum absolute atomic E-state index is 0.0648. The summed E-state index contributed by atoms with van der Waals surface area (Å²) < 4.78 is 13.3. The number of fused-ring (bicyclic) bond motifs is 1. The Hall–Kier alpha value is -2.62. The fourth-order valence-electron chi connectivity index (χ4n) is 3.76. The van der Waals surface area contributed by atoms with Gasteiger partial charge in [0.05, 0.1) is 0 Å². The maximum atomic E-state index is 13.3. The molecule has 4 rings (SSSR count). The molecule has 0 aliphatic carbocycles. The van der Waals surface area contributed by atoms with Gasteiger partial charge in [-0.3, -0.25) is 4.79 Å². The van der Waals surface area contributed by atoms with Crippen molar-refractivity contribution in [1.82, 2.24) is 9.88 Å². The van der Waals surface area contributed by atoms with E-state index in [-0.39, 0.29) is 11.7 Å². The van der Waals surface area contributed by atoms with Gasteiger partial charge in [-0.05, 0) is 55.0 Å². The number of H-pyrrole nitrogens is 1. The summed E-state index contributed by atoms with van der Waals surface area (Å²) in [6.07, 6.45) is 5.11. The van der Waals surface area contributed by atoms with Crippen molar-refractivity contribution in [3.63, 3.8) is 0 Å². The van der Waals surface area contributed by atoms with Gasteiger partial charge in [-0.15, -0.1) is 0 Å². The van der Waals surface area contributed by atoms with Crippen LogP contribution in [0, 0.1) is 11.7 Å². The lowest BCUT2D eigenvalue weighted by Gasteiger charge is -2.32. The van der Waals surface area contributed by atoms with Crippen LogP contribution in [0.5, 0.6) is 0 Å². The molecular formula is C21H21FN2O. The third-order valence-electron chi connectivity index (χ3n) is 5.16. The van der Waals surface area contributed by atoms with E-state index < -0.39 is 0 Å². The van der Waals surface area contributed by atoms with Gasteiger partial charge in [0, 0.05) is 35.8 Å². The zero-order chi connectivity index (χ0) is 17.2. The minimum Gasteiger partial charge on any atom is -0.361 e. The Labute approximate surface area is 146 Å². The molecule has 0 radical (unpaired) electrons. The summed E-state index contributed by atoms with van der Waals surface area (Å²) in [5.74, 6) is 0.154. The highest BCUT2D eigenvalue weighted by Crippen LogP contribution is 2.26. The molecule has 1 aliphatic heterocycles. The minimum atomic E-state index is -0.361. The van der Waals surface area contributed by atoms with Crippen LogP contribution in [-0.4, -0.2) is 28.9 Å². The number of aromatic amines is 1. The molecule has 1 aliphatic rings. The maximum Gasteiger partial charge on any atom is 0.253 e. The summed E-state index contributed by atoms with van der Waals surface area (Å²) in [7, 11) is 0. The van der Waals surface area contributed by atoms with Gasteiger partial charge in [0.15, 0.2) is 0 Å². The first-order valence-corrected chi connectivity index (χ1v) is 8.80. The van der Waals surface area contributed by atoms with Gasteiger partial charge in [0.1, 0.15) is 5.82 Å². The number of carbonyl (C=O) groups excluding carboxylic acids is 1. The number of hydrogen-bond acceptors (Lipinski definition) is 1. The highest BCUT2D eigenvalue weighted by Gasteiger charge is 2.24. The largest absolute Gasteiger partial charge is 0.361 e. The third-order valence-corrected chi connectivity index (χ3v) is 5.16. The van der Waals surface area contributed by atoms with Gasteiger partial charge < -0.3 is 9.88 Å². The lowest BCUT2D eigenvalue weighted by atomic mass is 9.90. The topological polar surface area (TPSA) is 36.1 Å². The molecule has 0 atom stereocenters. The van der Waals surface area contributed by atoms with Crippen LogP contribution in [0.15, 0.2) is 54.7 Å². The molecule has 3 nitrogen and oxygen atoms in total. The van der Waals surface area contributed by atoms with Crippen molar-refractivity contribution in [3.05, 3.63) is 71.7 Å². The Morgan fingerprint density at radius 2 is 1.92 bits per heavy atom. The second-order valence-electron chi connectivity index (χ2n) is 6.81. The monoisotopic (exact) mass is 336 g/mol. The number of amides is 1. The number of benzene rings is 2. The molecule has 3 aromatic rings. The van der Waals surface area contributed by atoms with Crippen molar-refractivity contribution in [1.29, 1.82) is 0 Å². The van der Waals surface area contributed by atoms with E-state index >= 15 is 0 Å². The second kappa shape index (κ2) is 6.71. The van der Waals surface area contributed by atoms with Crippen molar-refractivity contribution in [2.75, 3.05) is 13.1 Å². The molecule has 1 amide bonds. The van der Waals surface area contributed by atoms with E-state index in [2.05, 4.69) is 29.4 Å². The predicted octanol–water partition coefficient (Wildman–Crippen LogP) is 4.40. The molecule has 1 saturated heterocycles. The van der Waals surface area contributed by atoms with E-state index in [1.165, 1.54) is 28.6 Å². The van der Waals surface area contributed by atoms with Gasteiger partial charge in [0.25, 0.3) is 5.91 Å². The summed E-state index contributed by atoms with van der Waals surface area (Å²) in [5, 5.41) is 1.29. The second-order valence-corrected chi connectivity index (χ2v) is 6.81. The highest BCUT2D eigenvalue weighted by atomic mass is 19.1. The number of halogens is 1. The van der Waals surface area contributed by atoms with Gasteiger partial charge in [0.2, 0.25) is 0 Å². The van der Waals surface area contributed by atoms with Crippen molar-refractivity contribution in [2.24, 2.45) is 5.92 Å². The van der Waals surface area contributed by atoms with Gasteiger partial charge >= 0.3 is 0 Å². The number of carbonyl (C=O) groups is 1. The predicted molar refractivity (Wildman–Crippen MR) is 97.0 cm³/mol. The molecule has 2 aromatic carbocycles. The van der Waals surface area contributed by atoms with Crippen molar-refractivity contribution in [2.45, 2.75) is 19.3 Å². The summed E-state index contributed by atoms with van der Waals surface area (Å²) in [5.41, 5.74) is 2.97. The zero-order valence-electron chi connectivity index (χ0n) is 14.0. The number of rotatable bonds is 3. The zero-order valence-corrected chi connectivity index (χ0v) is 14.0. The number of hydrogen-bond donors (Lipinski definition) is 1. The van der Waals surface area contributed by atoms with Crippen LogP contribution in [0.4, 0.5) is 4.39 Å². The SMILES string of the molecule is O=C(c1cccc(F)c1)N1CCC(Cc2c[nH]c3ccccc23)CC1. The van der Waals surface area contributed by atoms with E-state index in [1.807, 2.05) is 11.0 Å². The molecule has 0 spiro atoms. The average molecular weight is 336 g/mol. The van der Waals surface area contributed by atoms with Gasteiger partial charge in [-0.25, -0.2) is 4.39 Å². The number of piperidine rings is 1. The summed E-state index contributed by atoms with van der Waals surface area (Å²) in [6, 6.07) is 14.3. The summed E-state index contributed by atoms with van der Waals surface area (Å²) in [6.45, 7) is 1.48. The fraction of sp³-hybridized carbons (Fsp3) is 0.286. The molecule has 1 fully saturated rings. The van der Waals surface area contributed by atoms with Gasteiger partial charge in [-0.2, -0.15) is 0 Å². The molecule has 2 heterocycles. The Balaban J connectivity index is 1.39. The van der Waals surface area contributed by atoms with Crippen LogP contribution < -0.4 is 0 Å². The lowest BCUT2D eigenvalue weighted by molar-refractivity contribution is 0.0690. The first-order chi connectivity index (χ1) is 12.2. The molecule has 4 heteroatoms. The van der Waals surface area contributed by atoms with E-state index in [4.69, 9.17) is 0 Å². The first-order valence-electron chi connectivity index (χ1n) is 8.80. The Morgan fingerprint density at radius 1 is 1.12 bits per heavy atom. The van der Waals surface area contributed by atoms with Crippen molar-refractivity contribution >= 4 is 16.8 Å². The Morgan fingerprint density at radius 3 is 2.72 bits per heavy atom. The Kier molecular flexibility index (Phi) is 4.26. The van der Waals surface area contributed by atoms with E-state index in [1.54, 1.807) is 12.1 Å². The quantitative estimate of drug-likeness (QED) is 0.756. The number of nitrogens with zero attached hydrogens (tertiary/aromatic N) is 1. The molecule has 0 bridgehead atoms. The smallest absolute Gasteiger partial charge is 0.253 e. The lowest BCUT2D eigenvalue weighted by Crippen LogP contribution is -2.38. The molecule has 0 saturated carbocycles. The molecular weight excluding hydrogens is 315 g/mol. The van der Waals surface area contributed by atoms with Crippen molar-refractivity contribution < 1.29 is 9.18 Å². The highest BCUT2D eigenvalue weighted by molar-refractivity contribution is 5.94. The molecule has 1 aromatic heterocycles. The molecule has 0 unspecified atom stereocenters. The summed E-state index contributed by atoms with van der Waals surface area (Å²) >= 11 is 0. The number of likely N-dealkylation sites (tertiary alicyclic amines) is 1. The van der Waals surface area contributed by atoms with E-state index in [0.29, 0.717) is 11.5 Å². The van der Waals surface area contributed by atoms with Crippen LogP contribution in [0.1, 0.15) is 28.8 Å². The molecule has 25 heavy (non-hydrogen) atoms. The normalized spacial score (nSPS) is 15.6. The standard InChI is InChI=1S/C21H21FN2O/c22-18-5-3-4-16(13-18)21(25)24-10-8-15(9-11-24)12-17-14-23-20-7-2-1-6-19(17)20/h1-7,13-15,23H,8-12H2. The molecule has 1 N–H and O–H groups in total. The van der Waals surface area contributed by atoms with Crippen LogP contribution in [0.2, 0.25) is 0 Å². The van der Waals surface area contributed by atoms with E-state index in [9.17, 15) is 9.18 Å². The number of aromatic nitrogens is 1. The third kappa shape index (κ3) is 3.29. The maximum absolute atomic E-state index is 13.3. The van der Waals surface area contributed by atoms with Crippen LogP contribution in [0.25, 0.3) is 10.9 Å². The number of para-hydroxylation sites is 1. The van der Waals surface area contributed by atoms with Crippen LogP contribution >= 0.6 is 0 Å². The van der Waals surface area contributed by atoms with E-state index in [0.717, 1.165) is 32.4 Å². The number of nitrogens with one attached hydrogen (secondary N) is 1. The first kappa shape index (κ1) is 15.9. The van der Waals surface area contributed by atoms with Crippen LogP contribution in [-0.2, 0) is 6.42 Å². The van der Waals surface area contributed by atoms with Crippen molar-refractivity contribution in [3.8, 4) is 0 Å². The average Bonchev–Trinajstić information content (AvgIpc) is 3.05. The van der Waals surface area contributed by atoms with Crippen LogP contribution in [0.3, 0.4) is 0 Å². The summed E-state index contributed by atoms with van der Waals surface area (Å²) in [4.78, 5) is 17.7.